The van der Waals surface area contributed by atoms with Gasteiger partial charge in [0.1, 0.15) is 43.0 Å². The van der Waals surface area contributed by atoms with Gasteiger partial charge in [0, 0.05) is 6.07 Å². The van der Waals surface area contributed by atoms with Crippen molar-refractivity contribution in [3.8, 4) is 28.4 Å². The molecule has 0 saturated heterocycles. The van der Waals surface area contributed by atoms with E-state index in [2.05, 4.69) is 5.32 Å². The van der Waals surface area contributed by atoms with Gasteiger partial charge in [-0.05, 0) is 49.2 Å². The molecule has 0 unspecified atom stereocenters. The Bertz CT molecular complexity index is 1560. The predicted octanol–water partition coefficient (Wildman–Crippen LogP) is 4.76. The van der Waals surface area contributed by atoms with Crippen molar-refractivity contribution < 1.29 is 33.0 Å². The summed E-state index contributed by atoms with van der Waals surface area (Å²) in [5.74, 6) is 1.07. The zero-order valence-corrected chi connectivity index (χ0v) is 20.8. The van der Waals surface area contributed by atoms with Gasteiger partial charge in [0.05, 0.1) is 10.9 Å². The topological polar surface area (TPSA) is 113 Å². The minimum Gasteiger partial charge on any atom is -0.486 e. The lowest BCUT2D eigenvalue weighted by molar-refractivity contribution is -0.136. The van der Waals surface area contributed by atoms with Crippen molar-refractivity contribution in [3.05, 3.63) is 88.3 Å². The van der Waals surface area contributed by atoms with Crippen molar-refractivity contribution >= 4 is 23.0 Å². The second-order valence-corrected chi connectivity index (χ2v) is 8.73. The molecule has 194 valence electrons. The van der Waals surface area contributed by atoms with Crippen LogP contribution in [0.5, 0.6) is 17.2 Å². The zero-order chi connectivity index (χ0) is 26.6. The summed E-state index contributed by atoms with van der Waals surface area (Å²) in [6.07, 6.45) is -0.745. The molecule has 9 heteroatoms. The number of benzene rings is 3. The van der Waals surface area contributed by atoms with Gasteiger partial charge < -0.3 is 28.7 Å². The van der Waals surface area contributed by atoms with E-state index in [1.165, 1.54) is 25.1 Å². The van der Waals surface area contributed by atoms with Gasteiger partial charge in [0.25, 0.3) is 0 Å². The Kier molecular flexibility index (Phi) is 6.99. The van der Waals surface area contributed by atoms with E-state index in [9.17, 15) is 14.4 Å². The molecule has 1 aliphatic rings. The molecule has 5 rings (SSSR count). The summed E-state index contributed by atoms with van der Waals surface area (Å²) < 4.78 is 27.7. The van der Waals surface area contributed by atoms with Gasteiger partial charge in [-0.25, -0.2) is 9.59 Å². The van der Waals surface area contributed by atoms with Crippen LogP contribution >= 0.6 is 0 Å². The molecule has 0 fully saturated rings. The summed E-state index contributed by atoms with van der Waals surface area (Å²) in [6.45, 7) is 4.16. The number of alkyl carbamates (subject to hydrolysis) is 1. The Labute approximate surface area is 217 Å². The predicted molar refractivity (Wildman–Crippen MR) is 139 cm³/mol. The molecular formula is C29H25NO8. The maximum atomic E-state index is 13.3. The Morgan fingerprint density at radius 3 is 2.53 bits per heavy atom. The minimum absolute atomic E-state index is 0.0751. The second kappa shape index (κ2) is 10.7. The molecule has 1 N–H and O–H groups in total. The van der Waals surface area contributed by atoms with E-state index >= 15 is 0 Å². The lowest BCUT2D eigenvalue weighted by Crippen LogP contribution is -2.41. The van der Waals surface area contributed by atoms with Gasteiger partial charge in [-0.3, -0.25) is 4.79 Å². The van der Waals surface area contributed by atoms with Crippen LogP contribution in [-0.2, 0) is 16.1 Å². The van der Waals surface area contributed by atoms with Crippen LogP contribution in [0.2, 0.25) is 0 Å². The van der Waals surface area contributed by atoms with Crippen LogP contribution in [0.25, 0.3) is 22.1 Å². The quantitative estimate of drug-likeness (QED) is 0.289. The molecule has 9 nitrogen and oxygen atoms in total. The average Bonchev–Trinajstić information content (AvgIpc) is 2.92. The number of aryl methyl sites for hydroxylation is 1. The number of hydrogen-bond acceptors (Lipinski definition) is 8. The molecule has 1 aromatic heterocycles. The highest BCUT2D eigenvalue weighted by atomic mass is 16.6. The number of ether oxygens (including phenoxy) is 4. The van der Waals surface area contributed by atoms with E-state index in [-0.39, 0.29) is 23.4 Å². The molecule has 0 aliphatic carbocycles. The van der Waals surface area contributed by atoms with Crippen LogP contribution < -0.4 is 25.0 Å². The van der Waals surface area contributed by atoms with Crippen molar-refractivity contribution in [2.24, 2.45) is 0 Å². The number of rotatable bonds is 6. The largest absolute Gasteiger partial charge is 0.486 e. The fraction of sp³-hybridized carbons (Fsp3) is 0.207. The number of hydrogen-bond donors (Lipinski definition) is 1. The Balaban J connectivity index is 1.28. The maximum Gasteiger partial charge on any atom is 0.408 e. The Hall–Kier alpha value is -4.79. The van der Waals surface area contributed by atoms with Crippen molar-refractivity contribution in [1.29, 1.82) is 0 Å². The minimum atomic E-state index is -0.972. The summed E-state index contributed by atoms with van der Waals surface area (Å²) in [4.78, 5) is 37.9. The van der Waals surface area contributed by atoms with Gasteiger partial charge in [-0.2, -0.15) is 0 Å². The summed E-state index contributed by atoms with van der Waals surface area (Å²) >= 11 is 0. The Morgan fingerprint density at radius 2 is 1.74 bits per heavy atom. The first-order valence-corrected chi connectivity index (χ1v) is 12.1. The molecule has 2 heterocycles. The van der Waals surface area contributed by atoms with Crippen molar-refractivity contribution in [1.82, 2.24) is 5.32 Å². The molecule has 1 amide bonds. The van der Waals surface area contributed by atoms with Crippen LogP contribution in [0.4, 0.5) is 4.79 Å². The lowest BCUT2D eigenvalue weighted by atomic mass is 10.0. The first-order chi connectivity index (χ1) is 18.4. The zero-order valence-electron chi connectivity index (χ0n) is 20.8. The average molecular weight is 516 g/mol. The fourth-order valence-corrected chi connectivity index (χ4v) is 4.09. The maximum absolute atomic E-state index is 13.3. The molecular weight excluding hydrogens is 490 g/mol. The molecule has 3 aromatic carbocycles. The molecule has 1 atom stereocenters. The van der Waals surface area contributed by atoms with E-state index in [0.29, 0.717) is 47.0 Å². The fourth-order valence-electron chi connectivity index (χ4n) is 4.09. The van der Waals surface area contributed by atoms with E-state index < -0.39 is 18.1 Å². The first-order valence-electron chi connectivity index (χ1n) is 12.1. The SMILES string of the molecule is Cc1oc2cc(OC(=O)[C@@H](C)NC(=O)OCc3ccccc3)ccc2c(=O)c1-c1ccc2c(c1)OCCO2. The molecule has 38 heavy (non-hydrogen) atoms. The van der Waals surface area contributed by atoms with Crippen molar-refractivity contribution in [2.75, 3.05) is 13.2 Å². The third-order valence-corrected chi connectivity index (χ3v) is 5.99. The first kappa shape index (κ1) is 24.9. The number of amides is 1. The van der Waals surface area contributed by atoms with Crippen LogP contribution in [0.3, 0.4) is 0 Å². The monoisotopic (exact) mass is 515 g/mol. The summed E-state index contributed by atoms with van der Waals surface area (Å²) in [6, 6.07) is 18.0. The number of carbonyl (C=O) groups is 2. The van der Waals surface area contributed by atoms with Gasteiger partial charge >= 0.3 is 12.1 Å². The Morgan fingerprint density at radius 1 is 0.974 bits per heavy atom. The highest BCUT2D eigenvalue weighted by Gasteiger charge is 2.21. The van der Waals surface area contributed by atoms with E-state index in [1.54, 1.807) is 25.1 Å². The van der Waals surface area contributed by atoms with Gasteiger partial charge in [0.15, 0.2) is 11.5 Å². The standard InChI is InChI=1S/C29H25NO8/c1-17(30-29(33)36-16-19-6-4-3-5-7-19)28(32)38-21-9-10-22-24(15-21)37-18(2)26(27(22)31)20-8-11-23-25(14-20)35-13-12-34-23/h3-11,14-15,17H,12-13,16H2,1-2H3,(H,30,33)/t17-/m1/s1. The van der Waals surface area contributed by atoms with Gasteiger partial charge in [0.2, 0.25) is 5.43 Å². The highest BCUT2D eigenvalue weighted by Crippen LogP contribution is 2.35. The van der Waals surface area contributed by atoms with Crippen LogP contribution in [0, 0.1) is 6.92 Å². The van der Waals surface area contributed by atoms with Gasteiger partial charge in [-0.1, -0.05) is 36.4 Å². The van der Waals surface area contributed by atoms with Crippen LogP contribution in [0.1, 0.15) is 18.2 Å². The van der Waals surface area contributed by atoms with E-state index in [1.807, 2.05) is 30.3 Å². The highest BCUT2D eigenvalue weighted by molar-refractivity contribution is 5.86. The number of esters is 1. The third-order valence-electron chi connectivity index (χ3n) is 5.99. The number of fused-ring (bicyclic) bond motifs is 2. The third kappa shape index (κ3) is 5.31. The molecule has 0 radical (unpaired) electrons. The van der Waals surface area contributed by atoms with Crippen LogP contribution in [-0.4, -0.2) is 31.3 Å². The normalized spacial score (nSPS) is 13.0. The summed E-state index contributed by atoms with van der Waals surface area (Å²) in [5, 5.41) is 2.77. The van der Waals surface area contributed by atoms with Gasteiger partial charge in [-0.15, -0.1) is 0 Å². The van der Waals surface area contributed by atoms with Crippen molar-refractivity contribution in [2.45, 2.75) is 26.5 Å². The molecule has 4 aromatic rings. The lowest BCUT2D eigenvalue weighted by Gasteiger charge is -2.19. The van der Waals surface area contributed by atoms with E-state index in [0.717, 1.165) is 5.56 Å². The second-order valence-electron chi connectivity index (χ2n) is 8.73. The number of nitrogens with one attached hydrogen (secondary N) is 1. The van der Waals surface area contributed by atoms with Crippen molar-refractivity contribution in [3.63, 3.8) is 0 Å². The number of carbonyl (C=O) groups excluding carboxylic acids is 2. The smallest absolute Gasteiger partial charge is 0.408 e. The molecule has 0 saturated carbocycles. The molecule has 1 aliphatic heterocycles. The molecule has 0 bridgehead atoms. The molecule has 0 spiro atoms. The summed E-state index contributed by atoms with van der Waals surface area (Å²) in [7, 11) is 0. The summed E-state index contributed by atoms with van der Waals surface area (Å²) in [5.41, 5.74) is 1.92. The van der Waals surface area contributed by atoms with Crippen LogP contribution in [0.15, 0.2) is 75.9 Å². The van der Waals surface area contributed by atoms with E-state index in [4.69, 9.17) is 23.4 Å².